The lowest BCUT2D eigenvalue weighted by Crippen LogP contribution is -2.32. The van der Waals surface area contributed by atoms with Gasteiger partial charge in [0, 0.05) is 24.4 Å². The molecular formula is C14H19N5O2. The molecule has 2 rings (SSSR count). The second kappa shape index (κ2) is 5.90. The Bertz CT molecular complexity index is 616. The smallest absolute Gasteiger partial charge is 0.427 e. The molecule has 2 aromatic heterocycles. The van der Waals surface area contributed by atoms with Crippen LogP contribution in [0, 0.1) is 0 Å². The van der Waals surface area contributed by atoms with E-state index in [-0.39, 0.29) is 0 Å². The average molecular weight is 289 g/mol. The van der Waals surface area contributed by atoms with Gasteiger partial charge in [-0.2, -0.15) is 0 Å². The maximum atomic E-state index is 12.0. The number of aryl methyl sites for hydroxylation is 1. The van der Waals surface area contributed by atoms with Gasteiger partial charge in [-0.05, 0) is 32.9 Å². The maximum absolute atomic E-state index is 12.0. The summed E-state index contributed by atoms with van der Waals surface area (Å²) in [5.74, 6) is 1.16. The van der Waals surface area contributed by atoms with Crippen LogP contribution in [-0.2, 0) is 11.2 Å². The quantitative estimate of drug-likeness (QED) is 0.938. The third kappa shape index (κ3) is 3.77. The summed E-state index contributed by atoms with van der Waals surface area (Å²) in [6.45, 7) is 7.36. The fraction of sp³-hybridized carbons (Fsp3) is 0.429. The topological polar surface area (TPSA) is 81.9 Å². The Morgan fingerprint density at radius 1 is 1.38 bits per heavy atom. The minimum atomic E-state index is -0.570. The first-order chi connectivity index (χ1) is 9.90. The Morgan fingerprint density at radius 3 is 2.71 bits per heavy atom. The zero-order valence-corrected chi connectivity index (χ0v) is 12.6. The normalized spacial score (nSPS) is 11.2. The molecule has 2 heterocycles. The van der Waals surface area contributed by atoms with Crippen LogP contribution < -0.4 is 5.43 Å². The highest BCUT2D eigenvalue weighted by atomic mass is 16.6. The van der Waals surface area contributed by atoms with Crippen molar-refractivity contribution in [1.82, 2.24) is 19.9 Å². The summed E-state index contributed by atoms with van der Waals surface area (Å²) >= 11 is 0. The monoisotopic (exact) mass is 289 g/mol. The first-order valence-corrected chi connectivity index (χ1v) is 6.75. The zero-order valence-electron chi connectivity index (χ0n) is 12.6. The molecule has 0 aromatic carbocycles. The molecule has 0 saturated carbocycles. The molecule has 7 heteroatoms. The van der Waals surface area contributed by atoms with Gasteiger partial charge in [0.2, 0.25) is 0 Å². The van der Waals surface area contributed by atoms with Gasteiger partial charge in [-0.1, -0.05) is 6.92 Å². The molecule has 0 spiro atoms. The predicted octanol–water partition coefficient (Wildman–Crippen LogP) is 2.38. The number of nitrogens with zero attached hydrogens (tertiary/aromatic N) is 4. The van der Waals surface area contributed by atoms with E-state index >= 15 is 0 Å². The number of carbonyl (C=O) groups excluding carboxylic acids is 1. The number of carbonyl (C=O) groups is 1. The van der Waals surface area contributed by atoms with Gasteiger partial charge in [-0.3, -0.25) is 4.98 Å². The van der Waals surface area contributed by atoms with E-state index in [9.17, 15) is 4.79 Å². The van der Waals surface area contributed by atoms with Crippen molar-refractivity contribution in [3.63, 3.8) is 0 Å². The highest BCUT2D eigenvalue weighted by molar-refractivity contribution is 5.77. The second-order valence-electron chi connectivity index (χ2n) is 5.48. The van der Waals surface area contributed by atoms with E-state index in [4.69, 9.17) is 4.74 Å². The van der Waals surface area contributed by atoms with E-state index in [1.54, 1.807) is 18.5 Å². The fourth-order valence-corrected chi connectivity index (χ4v) is 1.74. The molecule has 0 saturated heterocycles. The second-order valence-corrected chi connectivity index (χ2v) is 5.48. The summed E-state index contributed by atoms with van der Waals surface area (Å²) < 4.78 is 6.79. The number of nitrogens with one attached hydrogen (secondary N) is 1. The molecule has 1 N–H and O–H groups in total. The Balaban J connectivity index is 2.30. The number of hydrogen-bond acceptors (Lipinski definition) is 5. The van der Waals surface area contributed by atoms with Crippen molar-refractivity contribution in [2.45, 2.75) is 39.7 Å². The van der Waals surface area contributed by atoms with Gasteiger partial charge in [0.1, 0.15) is 5.60 Å². The number of aromatic nitrogens is 4. The molecule has 0 bridgehead atoms. The van der Waals surface area contributed by atoms with E-state index in [2.05, 4.69) is 20.6 Å². The minimum absolute atomic E-state index is 0.519. The van der Waals surface area contributed by atoms with E-state index < -0.39 is 11.7 Å². The first-order valence-electron chi connectivity index (χ1n) is 6.75. The standard InChI is InChI=1S/C14H19N5O2/c1-5-11-16-17-12(10-7-6-8-15-9-10)19(11)18-13(20)21-14(2,3)4/h6-9H,5H2,1-4H3,(H,18,20). The molecule has 0 radical (unpaired) electrons. The molecule has 1 amide bonds. The molecule has 2 aromatic rings. The van der Waals surface area contributed by atoms with Crippen molar-refractivity contribution < 1.29 is 9.53 Å². The Morgan fingerprint density at radius 2 is 2.14 bits per heavy atom. The third-order valence-electron chi connectivity index (χ3n) is 2.57. The van der Waals surface area contributed by atoms with Gasteiger partial charge in [-0.25, -0.2) is 14.9 Å². The molecule has 0 aliphatic rings. The van der Waals surface area contributed by atoms with Gasteiger partial charge in [-0.15, -0.1) is 10.2 Å². The summed E-state index contributed by atoms with van der Waals surface area (Å²) in [7, 11) is 0. The first kappa shape index (κ1) is 15.0. The van der Waals surface area contributed by atoms with Crippen LogP contribution in [0.25, 0.3) is 11.4 Å². The number of ether oxygens (including phenoxy) is 1. The number of hydrogen-bond donors (Lipinski definition) is 1. The zero-order chi connectivity index (χ0) is 15.5. The summed E-state index contributed by atoms with van der Waals surface area (Å²) in [4.78, 5) is 16.0. The van der Waals surface area contributed by atoms with Crippen LogP contribution in [0.15, 0.2) is 24.5 Å². The SMILES string of the molecule is CCc1nnc(-c2cccnc2)n1NC(=O)OC(C)(C)C. The third-order valence-corrected chi connectivity index (χ3v) is 2.57. The van der Waals surface area contributed by atoms with Gasteiger partial charge >= 0.3 is 6.09 Å². The molecule has 0 atom stereocenters. The Hall–Kier alpha value is -2.44. The van der Waals surface area contributed by atoms with Crippen molar-refractivity contribution in [3.8, 4) is 11.4 Å². The fourth-order valence-electron chi connectivity index (χ4n) is 1.74. The number of pyridine rings is 1. The molecule has 0 aliphatic heterocycles. The molecule has 112 valence electrons. The van der Waals surface area contributed by atoms with E-state index in [0.29, 0.717) is 18.1 Å². The van der Waals surface area contributed by atoms with Crippen LogP contribution >= 0.6 is 0 Å². The maximum Gasteiger partial charge on any atom is 0.427 e. The average Bonchev–Trinajstić information content (AvgIpc) is 2.80. The molecule has 0 unspecified atom stereocenters. The van der Waals surface area contributed by atoms with Gasteiger partial charge in [0.25, 0.3) is 0 Å². The summed E-state index contributed by atoms with van der Waals surface area (Å²) in [6.07, 6.45) is 3.41. The summed E-state index contributed by atoms with van der Waals surface area (Å²) in [5.41, 5.74) is 2.86. The van der Waals surface area contributed by atoms with E-state index in [1.807, 2.05) is 33.8 Å². The molecule has 0 aliphatic carbocycles. The molecule has 7 nitrogen and oxygen atoms in total. The number of rotatable bonds is 3. The van der Waals surface area contributed by atoms with Gasteiger partial charge in [0.05, 0.1) is 0 Å². The van der Waals surface area contributed by atoms with Crippen molar-refractivity contribution in [1.29, 1.82) is 0 Å². The van der Waals surface area contributed by atoms with Gasteiger partial charge < -0.3 is 4.74 Å². The van der Waals surface area contributed by atoms with Crippen molar-refractivity contribution in [3.05, 3.63) is 30.4 Å². The summed E-state index contributed by atoms with van der Waals surface area (Å²) in [5, 5.41) is 8.18. The highest BCUT2D eigenvalue weighted by Crippen LogP contribution is 2.16. The van der Waals surface area contributed by atoms with Crippen molar-refractivity contribution >= 4 is 6.09 Å². The lowest BCUT2D eigenvalue weighted by molar-refractivity contribution is 0.0612. The van der Waals surface area contributed by atoms with Crippen LogP contribution in [0.4, 0.5) is 4.79 Å². The Labute approximate surface area is 123 Å². The largest absolute Gasteiger partial charge is 0.443 e. The Kier molecular flexibility index (Phi) is 4.21. The molecular weight excluding hydrogens is 270 g/mol. The number of amides is 1. The van der Waals surface area contributed by atoms with E-state index in [0.717, 1.165) is 5.56 Å². The molecule has 0 fully saturated rings. The highest BCUT2D eigenvalue weighted by Gasteiger charge is 2.20. The molecule has 21 heavy (non-hydrogen) atoms. The minimum Gasteiger partial charge on any atom is -0.443 e. The summed E-state index contributed by atoms with van der Waals surface area (Å²) in [6, 6.07) is 3.65. The van der Waals surface area contributed by atoms with Crippen LogP contribution in [0.3, 0.4) is 0 Å². The van der Waals surface area contributed by atoms with Crippen molar-refractivity contribution in [2.75, 3.05) is 5.43 Å². The predicted molar refractivity (Wildman–Crippen MR) is 78.2 cm³/mol. The van der Waals surface area contributed by atoms with Crippen molar-refractivity contribution in [2.24, 2.45) is 0 Å². The van der Waals surface area contributed by atoms with Crippen LogP contribution in [0.5, 0.6) is 0 Å². The van der Waals surface area contributed by atoms with Crippen LogP contribution in [-0.4, -0.2) is 31.6 Å². The lowest BCUT2D eigenvalue weighted by atomic mass is 10.2. The van der Waals surface area contributed by atoms with E-state index in [1.165, 1.54) is 4.68 Å². The van der Waals surface area contributed by atoms with Crippen LogP contribution in [0.2, 0.25) is 0 Å². The lowest BCUT2D eigenvalue weighted by Gasteiger charge is -2.20. The van der Waals surface area contributed by atoms with Crippen LogP contribution in [0.1, 0.15) is 33.5 Å². The van der Waals surface area contributed by atoms with Gasteiger partial charge in [0.15, 0.2) is 11.6 Å².